The lowest BCUT2D eigenvalue weighted by Crippen LogP contribution is -2.30. The van der Waals surface area contributed by atoms with Gasteiger partial charge in [0.05, 0.1) is 26.4 Å². The van der Waals surface area contributed by atoms with E-state index in [0.717, 1.165) is 121 Å². The highest BCUT2D eigenvalue weighted by Gasteiger charge is 2.30. The average molecular weight is 1360 g/mol. The molecule has 0 aliphatic rings. The van der Waals surface area contributed by atoms with E-state index in [1.165, 1.54) is 161 Å². The van der Waals surface area contributed by atoms with E-state index in [1.54, 1.807) is 0 Å². The quantitative estimate of drug-likeness (QED) is 0.0169. The number of rotatable bonds is 72. The number of phosphoric acid groups is 2. The van der Waals surface area contributed by atoms with Crippen LogP contribution in [0.4, 0.5) is 0 Å². The molecule has 0 rings (SSSR count). The minimum atomic E-state index is -4.96. The number of unbranched alkanes of at least 4 members (excludes halogenated alkanes) is 40. The molecule has 0 fully saturated rings. The van der Waals surface area contributed by atoms with Gasteiger partial charge in [-0.25, -0.2) is 9.13 Å². The first-order chi connectivity index (χ1) is 45.1. The molecule has 0 amide bonds. The number of carbonyl (C=O) groups excluding carboxylic acids is 4. The Morgan fingerprint density at radius 1 is 0.344 bits per heavy atom. The van der Waals surface area contributed by atoms with E-state index in [2.05, 4.69) is 58.9 Å². The van der Waals surface area contributed by atoms with Gasteiger partial charge in [0.2, 0.25) is 0 Å². The van der Waals surface area contributed by atoms with Crippen molar-refractivity contribution in [2.75, 3.05) is 39.6 Å². The second-order valence-corrected chi connectivity index (χ2v) is 29.1. The van der Waals surface area contributed by atoms with Crippen LogP contribution in [0.2, 0.25) is 0 Å². The Morgan fingerprint density at radius 3 is 0.914 bits per heavy atom. The summed E-state index contributed by atoms with van der Waals surface area (Å²) in [5.74, 6) is -1.31. The number of carbonyl (C=O) groups is 4. The molecule has 93 heavy (non-hydrogen) atoms. The summed E-state index contributed by atoms with van der Waals surface area (Å²) in [5.41, 5.74) is 0. The molecule has 17 nitrogen and oxygen atoms in total. The van der Waals surface area contributed by atoms with Gasteiger partial charge >= 0.3 is 39.5 Å². The van der Waals surface area contributed by atoms with Gasteiger partial charge in [-0.2, -0.15) is 0 Å². The number of phosphoric ester groups is 2. The van der Waals surface area contributed by atoms with E-state index in [-0.39, 0.29) is 25.7 Å². The zero-order chi connectivity index (χ0) is 68.4. The van der Waals surface area contributed by atoms with E-state index in [4.69, 9.17) is 37.0 Å². The number of hydrogen-bond donors (Lipinski definition) is 3. The third-order valence-electron chi connectivity index (χ3n) is 17.0. The van der Waals surface area contributed by atoms with Crippen LogP contribution in [-0.2, 0) is 65.4 Å². The third-order valence-corrected chi connectivity index (χ3v) is 18.9. The van der Waals surface area contributed by atoms with Crippen molar-refractivity contribution in [3.63, 3.8) is 0 Å². The molecule has 0 saturated carbocycles. The van der Waals surface area contributed by atoms with Gasteiger partial charge in [-0.3, -0.25) is 37.3 Å². The Kier molecular flexibility index (Phi) is 65.0. The van der Waals surface area contributed by atoms with Crippen LogP contribution in [0.15, 0.2) is 24.3 Å². The summed E-state index contributed by atoms with van der Waals surface area (Å²) >= 11 is 0. The van der Waals surface area contributed by atoms with Crippen LogP contribution in [-0.4, -0.2) is 96.7 Å². The Bertz CT molecular complexity index is 1880. The second kappa shape index (κ2) is 66.8. The van der Waals surface area contributed by atoms with Gasteiger partial charge in [-0.1, -0.05) is 309 Å². The molecule has 0 aromatic carbocycles. The van der Waals surface area contributed by atoms with Crippen molar-refractivity contribution in [3.05, 3.63) is 24.3 Å². The summed E-state index contributed by atoms with van der Waals surface area (Å²) < 4.78 is 68.3. The van der Waals surface area contributed by atoms with Gasteiger partial charge in [0.1, 0.15) is 19.3 Å². The van der Waals surface area contributed by atoms with Gasteiger partial charge in [0, 0.05) is 25.7 Å². The molecule has 548 valence electrons. The Labute approximate surface area is 567 Å². The van der Waals surface area contributed by atoms with Gasteiger partial charge in [0.25, 0.3) is 0 Å². The van der Waals surface area contributed by atoms with Gasteiger partial charge in [-0.05, 0) is 57.3 Å². The van der Waals surface area contributed by atoms with Crippen LogP contribution in [0.1, 0.15) is 362 Å². The monoisotopic (exact) mass is 1360 g/mol. The predicted molar refractivity (Wildman–Crippen MR) is 377 cm³/mol. The molecular formula is C74H140O17P2. The van der Waals surface area contributed by atoms with Crippen molar-refractivity contribution in [3.8, 4) is 0 Å². The Hall–Kier alpha value is -2.46. The maximum atomic E-state index is 13.1. The van der Waals surface area contributed by atoms with Crippen molar-refractivity contribution in [2.24, 2.45) is 5.92 Å². The van der Waals surface area contributed by atoms with Crippen LogP contribution >= 0.6 is 15.6 Å². The first kappa shape index (κ1) is 90.5. The highest BCUT2D eigenvalue weighted by molar-refractivity contribution is 7.47. The molecule has 3 N–H and O–H groups in total. The molecule has 0 aliphatic carbocycles. The molecule has 19 heteroatoms. The first-order valence-electron chi connectivity index (χ1n) is 38.0. The van der Waals surface area contributed by atoms with Gasteiger partial charge < -0.3 is 33.8 Å². The summed E-state index contributed by atoms with van der Waals surface area (Å²) in [6.07, 6.45) is 57.6. The average Bonchev–Trinajstić information content (AvgIpc) is 3.31. The summed E-state index contributed by atoms with van der Waals surface area (Å²) in [5, 5.41) is 10.6. The molecule has 0 aromatic rings. The van der Waals surface area contributed by atoms with E-state index >= 15 is 0 Å². The maximum Gasteiger partial charge on any atom is 0.472 e. The van der Waals surface area contributed by atoms with E-state index < -0.39 is 97.5 Å². The maximum absolute atomic E-state index is 13.1. The number of aliphatic hydroxyl groups excluding tert-OH is 1. The molecule has 3 unspecified atom stereocenters. The summed E-state index contributed by atoms with van der Waals surface area (Å²) in [6.45, 7) is 7.24. The van der Waals surface area contributed by atoms with Gasteiger partial charge in [-0.15, -0.1) is 0 Å². The van der Waals surface area contributed by atoms with E-state index in [9.17, 15) is 43.2 Å². The smallest absolute Gasteiger partial charge is 0.462 e. The van der Waals surface area contributed by atoms with Crippen molar-refractivity contribution in [2.45, 2.75) is 380 Å². The van der Waals surface area contributed by atoms with E-state index in [1.807, 2.05) is 0 Å². The summed E-state index contributed by atoms with van der Waals surface area (Å²) in [6, 6.07) is 0. The molecular weight excluding hydrogens is 1220 g/mol. The lowest BCUT2D eigenvalue weighted by molar-refractivity contribution is -0.161. The largest absolute Gasteiger partial charge is 0.472 e. The molecule has 0 aromatic heterocycles. The zero-order valence-corrected chi connectivity index (χ0v) is 61.7. The topological polar surface area (TPSA) is 237 Å². The standard InChI is InChI=1S/C74H140O17P2/c1-6-10-13-16-19-22-24-26-27-31-35-38-43-48-53-58-72(77)85-64-70(91-74(79)60-55-50-45-40-36-32-29-28-30-33-37-41-46-51-56-67(5)9-4)66-89-93(82,83)87-62-68(75)61-86-92(80,81)88-65-69(63-84-71(76)57-52-47-42-21-18-15-12-8-3)90-73(78)59-54-49-44-39-34-25-23-20-17-14-11-7-2/h22,24,26-27,67-70,75H,6-21,23,25,28-66H2,1-5H3,(H,80,81)(H,82,83)/b24-22-,27-26-/t67?,68-,69+,70+/m0/s1. The Morgan fingerprint density at radius 2 is 0.602 bits per heavy atom. The van der Waals surface area contributed by atoms with Crippen LogP contribution in [0.3, 0.4) is 0 Å². The molecule has 0 bridgehead atoms. The lowest BCUT2D eigenvalue weighted by Gasteiger charge is -2.21. The highest BCUT2D eigenvalue weighted by Crippen LogP contribution is 2.45. The minimum Gasteiger partial charge on any atom is -0.462 e. The van der Waals surface area contributed by atoms with Crippen molar-refractivity contribution in [1.29, 1.82) is 0 Å². The fraction of sp³-hybridized carbons (Fsp3) is 0.892. The fourth-order valence-electron chi connectivity index (χ4n) is 10.8. The lowest BCUT2D eigenvalue weighted by atomic mass is 9.99. The number of ether oxygens (including phenoxy) is 4. The highest BCUT2D eigenvalue weighted by atomic mass is 31.2. The molecule has 6 atom stereocenters. The zero-order valence-electron chi connectivity index (χ0n) is 59.9. The summed E-state index contributed by atoms with van der Waals surface area (Å²) in [4.78, 5) is 72.6. The summed E-state index contributed by atoms with van der Waals surface area (Å²) in [7, 11) is -9.91. The van der Waals surface area contributed by atoms with Crippen molar-refractivity contribution >= 4 is 39.5 Å². The van der Waals surface area contributed by atoms with Crippen LogP contribution in [0.25, 0.3) is 0 Å². The van der Waals surface area contributed by atoms with Gasteiger partial charge in [0.15, 0.2) is 12.2 Å². The normalized spacial score (nSPS) is 14.5. The number of esters is 4. The van der Waals surface area contributed by atoms with Crippen molar-refractivity contribution < 1.29 is 80.2 Å². The van der Waals surface area contributed by atoms with Crippen LogP contribution < -0.4 is 0 Å². The first-order valence-corrected chi connectivity index (χ1v) is 41.0. The molecule has 0 radical (unpaired) electrons. The Balaban J connectivity index is 5.25. The van der Waals surface area contributed by atoms with Crippen LogP contribution in [0, 0.1) is 5.92 Å². The number of aliphatic hydroxyl groups is 1. The minimum absolute atomic E-state index is 0.101. The van der Waals surface area contributed by atoms with Crippen LogP contribution in [0.5, 0.6) is 0 Å². The molecule has 0 saturated heterocycles. The number of allylic oxidation sites excluding steroid dienone is 4. The molecule has 0 aliphatic heterocycles. The predicted octanol–water partition coefficient (Wildman–Crippen LogP) is 21.2. The third kappa shape index (κ3) is 66.6. The number of hydrogen-bond acceptors (Lipinski definition) is 15. The second-order valence-electron chi connectivity index (χ2n) is 26.2. The molecule has 0 spiro atoms. The fourth-order valence-corrected chi connectivity index (χ4v) is 12.4. The van der Waals surface area contributed by atoms with Crippen molar-refractivity contribution in [1.82, 2.24) is 0 Å². The van der Waals surface area contributed by atoms with E-state index in [0.29, 0.717) is 25.7 Å². The molecule has 0 heterocycles. The SMILES string of the molecule is CCCCCC/C=C\C=C/CCCCCCCC(=O)OC[C@H](COP(=O)(O)OC[C@@H](O)COP(=O)(O)OC[C@@H](COC(=O)CCCCCCCCCC)OC(=O)CCCCCCCCCCCCCC)OC(=O)CCCCCCCCCCCCCCCCC(C)CC.